The van der Waals surface area contributed by atoms with Gasteiger partial charge in [0.1, 0.15) is 0 Å². The molecule has 2 aromatic carbocycles. The van der Waals surface area contributed by atoms with Crippen molar-refractivity contribution in [3.63, 3.8) is 0 Å². The second-order valence-electron chi connectivity index (χ2n) is 5.18. The molecule has 3 rings (SSSR count). The van der Waals surface area contributed by atoms with Crippen LogP contribution < -0.4 is 5.32 Å². The third-order valence-electron chi connectivity index (χ3n) is 3.56. The maximum atomic E-state index is 4.07. The van der Waals surface area contributed by atoms with Gasteiger partial charge in [-0.1, -0.05) is 42.5 Å². The topological polar surface area (TPSA) is 29.9 Å². The van der Waals surface area contributed by atoms with E-state index >= 15 is 0 Å². The summed E-state index contributed by atoms with van der Waals surface area (Å²) in [6.07, 6.45) is 5.67. The molecule has 0 bridgehead atoms. The van der Waals surface area contributed by atoms with E-state index in [1.165, 1.54) is 16.3 Å². The number of fused-ring (bicyclic) bond motifs is 1. The molecule has 1 aromatic heterocycles. The molecule has 0 aliphatic rings. The number of benzene rings is 2. The van der Waals surface area contributed by atoms with Crippen molar-refractivity contribution in [1.82, 2.24) is 14.9 Å². The van der Waals surface area contributed by atoms with Gasteiger partial charge in [-0.25, -0.2) is 4.98 Å². The zero-order valence-electron chi connectivity index (χ0n) is 11.7. The quantitative estimate of drug-likeness (QED) is 0.767. The highest BCUT2D eigenvalue weighted by Crippen LogP contribution is 2.18. The Balaban J connectivity index is 1.67. The highest BCUT2D eigenvalue weighted by molar-refractivity contribution is 5.85. The first-order valence-corrected chi connectivity index (χ1v) is 6.99. The van der Waals surface area contributed by atoms with Crippen LogP contribution in [-0.2, 0) is 13.1 Å². The molecule has 0 aliphatic carbocycles. The fraction of sp³-hybridized carbons (Fsp3) is 0.235. The molecular formula is C17H19N3. The molecular weight excluding hydrogens is 246 g/mol. The number of nitrogens with one attached hydrogen (secondary N) is 1. The monoisotopic (exact) mass is 265 g/mol. The van der Waals surface area contributed by atoms with Crippen LogP contribution in [0.4, 0.5) is 0 Å². The maximum absolute atomic E-state index is 4.07. The Morgan fingerprint density at radius 3 is 2.85 bits per heavy atom. The fourth-order valence-electron chi connectivity index (χ4n) is 2.51. The smallest absolute Gasteiger partial charge is 0.0946 e. The van der Waals surface area contributed by atoms with E-state index in [4.69, 9.17) is 0 Å². The minimum atomic E-state index is 0.406. The van der Waals surface area contributed by atoms with Crippen LogP contribution in [0.2, 0.25) is 0 Å². The molecule has 0 saturated heterocycles. The molecule has 0 amide bonds. The molecule has 3 nitrogen and oxygen atoms in total. The van der Waals surface area contributed by atoms with Crippen LogP contribution in [-0.4, -0.2) is 15.6 Å². The summed E-state index contributed by atoms with van der Waals surface area (Å²) in [5.74, 6) is 0. The molecule has 0 aliphatic heterocycles. The number of hydrogen-bond acceptors (Lipinski definition) is 2. The normalized spacial score (nSPS) is 12.7. The minimum Gasteiger partial charge on any atom is -0.336 e. The van der Waals surface area contributed by atoms with Crippen LogP contribution in [0, 0.1) is 0 Å². The summed E-state index contributed by atoms with van der Waals surface area (Å²) in [7, 11) is 0. The van der Waals surface area contributed by atoms with Crippen LogP contribution in [0.3, 0.4) is 0 Å². The van der Waals surface area contributed by atoms with Crippen molar-refractivity contribution in [3.8, 4) is 0 Å². The van der Waals surface area contributed by atoms with E-state index in [1.807, 2.05) is 18.7 Å². The van der Waals surface area contributed by atoms with Crippen molar-refractivity contribution in [2.24, 2.45) is 0 Å². The summed E-state index contributed by atoms with van der Waals surface area (Å²) in [4.78, 5) is 4.07. The van der Waals surface area contributed by atoms with Crippen LogP contribution in [0.1, 0.15) is 12.5 Å². The van der Waals surface area contributed by atoms with Crippen molar-refractivity contribution in [3.05, 3.63) is 66.7 Å². The molecule has 0 spiro atoms. The highest BCUT2D eigenvalue weighted by Gasteiger charge is 2.04. The highest BCUT2D eigenvalue weighted by atomic mass is 15.1. The van der Waals surface area contributed by atoms with E-state index in [9.17, 15) is 0 Å². The van der Waals surface area contributed by atoms with Crippen molar-refractivity contribution < 1.29 is 0 Å². The molecule has 1 unspecified atom stereocenters. The van der Waals surface area contributed by atoms with Gasteiger partial charge in [-0.15, -0.1) is 0 Å². The van der Waals surface area contributed by atoms with Crippen molar-refractivity contribution in [2.75, 3.05) is 0 Å². The Labute approximate surface area is 119 Å². The largest absolute Gasteiger partial charge is 0.336 e. The molecule has 20 heavy (non-hydrogen) atoms. The minimum absolute atomic E-state index is 0.406. The van der Waals surface area contributed by atoms with Gasteiger partial charge >= 0.3 is 0 Å². The second kappa shape index (κ2) is 5.88. The summed E-state index contributed by atoms with van der Waals surface area (Å²) >= 11 is 0. The number of hydrogen-bond donors (Lipinski definition) is 1. The van der Waals surface area contributed by atoms with Gasteiger partial charge in [0, 0.05) is 31.5 Å². The van der Waals surface area contributed by atoms with Crippen LogP contribution >= 0.6 is 0 Å². The van der Waals surface area contributed by atoms with E-state index in [-0.39, 0.29) is 0 Å². The fourth-order valence-corrected chi connectivity index (χ4v) is 2.51. The zero-order valence-corrected chi connectivity index (χ0v) is 11.7. The van der Waals surface area contributed by atoms with E-state index in [0.717, 1.165) is 13.1 Å². The Morgan fingerprint density at radius 2 is 2.00 bits per heavy atom. The SMILES string of the molecule is CC(Cn1ccnc1)NCc1cccc2ccccc12. The van der Waals surface area contributed by atoms with Crippen molar-refractivity contribution >= 4 is 10.8 Å². The lowest BCUT2D eigenvalue weighted by Gasteiger charge is -2.15. The first kappa shape index (κ1) is 12.9. The summed E-state index contributed by atoms with van der Waals surface area (Å²) in [5, 5.41) is 6.21. The van der Waals surface area contributed by atoms with Gasteiger partial charge in [-0.05, 0) is 23.3 Å². The summed E-state index contributed by atoms with van der Waals surface area (Å²) < 4.78 is 2.10. The Hall–Kier alpha value is -2.13. The number of imidazole rings is 1. The van der Waals surface area contributed by atoms with Crippen molar-refractivity contribution in [2.45, 2.75) is 26.1 Å². The van der Waals surface area contributed by atoms with Crippen molar-refractivity contribution in [1.29, 1.82) is 0 Å². The van der Waals surface area contributed by atoms with Gasteiger partial charge in [-0.2, -0.15) is 0 Å². The van der Waals surface area contributed by atoms with Gasteiger partial charge in [-0.3, -0.25) is 0 Å². The first-order chi connectivity index (χ1) is 9.83. The van der Waals surface area contributed by atoms with Gasteiger partial charge in [0.15, 0.2) is 0 Å². The Morgan fingerprint density at radius 1 is 1.15 bits per heavy atom. The zero-order chi connectivity index (χ0) is 13.8. The molecule has 0 saturated carbocycles. The van der Waals surface area contributed by atoms with Crippen LogP contribution in [0.25, 0.3) is 10.8 Å². The predicted molar refractivity (Wildman–Crippen MR) is 82.5 cm³/mol. The lowest BCUT2D eigenvalue weighted by molar-refractivity contribution is 0.477. The van der Waals surface area contributed by atoms with Gasteiger partial charge < -0.3 is 9.88 Å². The van der Waals surface area contributed by atoms with Crippen LogP contribution in [0.15, 0.2) is 61.2 Å². The Bertz CT molecular complexity index is 668. The standard InChI is InChI=1S/C17H19N3/c1-14(12-20-10-9-18-13-20)19-11-16-7-4-6-15-5-2-3-8-17(15)16/h2-10,13-14,19H,11-12H2,1H3. The van der Waals surface area contributed by atoms with Gasteiger partial charge in [0.25, 0.3) is 0 Å². The third kappa shape index (κ3) is 2.89. The molecule has 1 N–H and O–H groups in total. The van der Waals surface area contributed by atoms with E-state index in [1.54, 1.807) is 0 Å². The lowest BCUT2D eigenvalue weighted by atomic mass is 10.0. The summed E-state index contributed by atoms with van der Waals surface area (Å²) in [6, 6.07) is 15.4. The number of aromatic nitrogens is 2. The molecule has 3 aromatic rings. The van der Waals surface area contributed by atoms with E-state index < -0.39 is 0 Å². The van der Waals surface area contributed by atoms with E-state index in [0.29, 0.717) is 6.04 Å². The number of rotatable bonds is 5. The molecule has 0 radical (unpaired) electrons. The maximum Gasteiger partial charge on any atom is 0.0946 e. The Kier molecular flexibility index (Phi) is 3.79. The average Bonchev–Trinajstić information content (AvgIpc) is 2.98. The molecule has 3 heteroatoms. The van der Waals surface area contributed by atoms with Gasteiger partial charge in [0.05, 0.1) is 6.33 Å². The number of nitrogens with zero attached hydrogens (tertiary/aromatic N) is 2. The molecule has 1 heterocycles. The molecule has 1 atom stereocenters. The van der Waals surface area contributed by atoms with Crippen LogP contribution in [0.5, 0.6) is 0 Å². The average molecular weight is 265 g/mol. The predicted octanol–water partition coefficient (Wildman–Crippen LogP) is 3.21. The summed E-state index contributed by atoms with van der Waals surface area (Å²) in [6.45, 7) is 4.02. The molecule has 0 fully saturated rings. The second-order valence-corrected chi connectivity index (χ2v) is 5.18. The summed E-state index contributed by atoms with van der Waals surface area (Å²) in [5.41, 5.74) is 1.35. The third-order valence-corrected chi connectivity index (χ3v) is 3.56. The van der Waals surface area contributed by atoms with E-state index in [2.05, 4.69) is 64.3 Å². The van der Waals surface area contributed by atoms with Gasteiger partial charge in [0.2, 0.25) is 0 Å². The first-order valence-electron chi connectivity index (χ1n) is 6.99. The molecule has 102 valence electrons. The lowest BCUT2D eigenvalue weighted by Crippen LogP contribution is -2.29.